The second-order valence-corrected chi connectivity index (χ2v) is 7.98. The minimum Gasteiger partial charge on any atom is -0.379 e. The first-order valence-electron chi connectivity index (χ1n) is 9.25. The molecule has 0 unspecified atom stereocenters. The van der Waals surface area contributed by atoms with Crippen LogP contribution in [0, 0.1) is 10.1 Å². The zero-order chi connectivity index (χ0) is 24.1. The van der Waals surface area contributed by atoms with E-state index in [0.29, 0.717) is 29.1 Å². The number of nitrogens with one attached hydrogen (secondary N) is 2. The Hall–Kier alpha value is -3.12. The Morgan fingerprint density at radius 2 is 1.69 bits per heavy atom. The average Bonchev–Trinajstić information content (AvgIpc) is 2.72. The number of hydrogen-bond donors (Lipinski definition) is 3. The molecule has 0 aliphatic rings. The van der Waals surface area contributed by atoms with Crippen LogP contribution in [-0.2, 0) is 15.8 Å². The highest BCUT2D eigenvalue weighted by Gasteiger charge is 2.39. The van der Waals surface area contributed by atoms with Crippen LogP contribution in [0.25, 0.3) is 0 Å². The molecule has 2 aromatic rings. The van der Waals surface area contributed by atoms with E-state index in [-0.39, 0.29) is 17.3 Å². The summed E-state index contributed by atoms with van der Waals surface area (Å²) in [5.74, 6) is -1.25. The zero-order valence-electron chi connectivity index (χ0n) is 17.0. The summed E-state index contributed by atoms with van der Waals surface area (Å²) in [5, 5.41) is 26.1. The van der Waals surface area contributed by atoms with Gasteiger partial charge in [-0.3, -0.25) is 19.7 Å². The highest BCUT2D eigenvalue weighted by molar-refractivity contribution is 7.99. The van der Waals surface area contributed by atoms with Gasteiger partial charge in [0.25, 0.3) is 11.6 Å². The lowest BCUT2D eigenvalue weighted by Crippen LogP contribution is -2.42. The molecule has 0 bridgehead atoms. The maximum Gasteiger partial charge on any atom is 0.423 e. The summed E-state index contributed by atoms with van der Waals surface area (Å²) in [6.07, 6.45) is -4.67. The number of alkyl halides is 3. The van der Waals surface area contributed by atoms with E-state index in [9.17, 15) is 38.0 Å². The van der Waals surface area contributed by atoms with Crippen molar-refractivity contribution < 1.29 is 32.8 Å². The Labute approximate surface area is 185 Å². The summed E-state index contributed by atoms with van der Waals surface area (Å²) in [6.45, 7) is 2.91. The van der Waals surface area contributed by atoms with Crippen LogP contribution in [0.5, 0.6) is 0 Å². The van der Waals surface area contributed by atoms with Crippen LogP contribution in [0.4, 0.5) is 30.2 Å². The average molecular weight is 471 g/mol. The third kappa shape index (κ3) is 6.69. The summed E-state index contributed by atoms with van der Waals surface area (Å²) in [6, 6.07) is 8.70. The van der Waals surface area contributed by atoms with Gasteiger partial charge >= 0.3 is 6.18 Å². The van der Waals surface area contributed by atoms with Crippen molar-refractivity contribution in [1.82, 2.24) is 0 Å². The molecule has 0 saturated carbocycles. The van der Waals surface area contributed by atoms with Gasteiger partial charge in [0.15, 0.2) is 0 Å². The summed E-state index contributed by atoms with van der Waals surface area (Å²) < 4.78 is 39.3. The first-order valence-corrected chi connectivity index (χ1v) is 10.2. The van der Waals surface area contributed by atoms with Crippen LogP contribution in [0.2, 0.25) is 0 Å². The third-order valence-corrected chi connectivity index (χ3v) is 5.54. The number of nitro groups is 1. The number of nitro benzene ring substituents is 1. The molecular formula is C20H20F3N3O5S. The molecule has 172 valence electrons. The summed E-state index contributed by atoms with van der Waals surface area (Å²) >= 11 is 1.12. The molecule has 0 saturated heterocycles. The number of halogens is 3. The van der Waals surface area contributed by atoms with Gasteiger partial charge < -0.3 is 15.7 Å². The van der Waals surface area contributed by atoms with Crippen LogP contribution in [0.15, 0.2) is 47.4 Å². The van der Waals surface area contributed by atoms with Crippen molar-refractivity contribution in [3.8, 4) is 0 Å². The topological polar surface area (TPSA) is 122 Å². The molecule has 0 spiro atoms. The fourth-order valence-electron chi connectivity index (χ4n) is 2.44. The quantitative estimate of drug-likeness (QED) is 0.297. The number of nitrogens with zero attached hydrogens (tertiary/aromatic N) is 1. The van der Waals surface area contributed by atoms with Gasteiger partial charge in [-0.1, -0.05) is 6.92 Å². The molecule has 0 fully saturated rings. The van der Waals surface area contributed by atoms with Crippen molar-refractivity contribution in [3.63, 3.8) is 0 Å². The number of carbonyl (C=O) groups is 2. The molecule has 0 radical (unpaired) electrons. The van der Waals surface area contributed by atoms with Gasteiger partial charge in [0.05, 0.1) is 4.92 Å². The normalized spacial score (nSPS) is 13.2. The molecule has 12 heteroatoms. The van der Waals surface area contributed by atoms with E-state index < -0.39 is 33.9 Å². The molecule has 3 N–H and O–H groups in total. The molecule has 0 aliphatic carbocycles. The SMILES string of the molecule is CCC(=O)Nc1ccc(SC[C@](C)(O)C(=O)Nc2ccc([N+](=O)[O-])c(C(F)(F)F)c2)cc1. The number of carbonyl (C=O) groups excluding carboxylic acids is 2. The summed E-state index contributed by atoms with van der Waals surface area (Å²) in [4.78, 5) is 34.1. The number of amides is 2. The van der Waals surface area contributed by atoms with E-state index >= 15 is 0 Å². The van der Waals surface area contributed by atoms with E-state index in [1.807, 2.05) is 0 Å². The molecular weight excluding hydrogens is 451 g/mol. The molecule has 2 amide bonds. The summed E-state index contributed by atoms with van der Waals surface area (Å²) in [5.41, 5.74) is -4.36. The Morgan fingerprint density at radius 3 is 2.22 bits per heavy atom. The molecule has 2 rings (SSSR count). The maximum atomic E-state index is 13.1. The van der Waals surface area contributed by atoms with E-state index in [0.717, 1.165) is 17.8 Å². The number of rotatable bonds is 8. The zero-order valence-corrected chi connectivity index (χ0v) is 17.8. The van der Waals surface area contributed by atoms with Gasteiger partial charge in [-0.15, -0.1) is 11.8 Å². The third-order valence-electron chi connectivity index (χ3n) is 4.22. The van der Waals surface area contributed by atoms with Crippen LogP contribution >= 0.6 is 11.8 Å². The Bertz CT molecular complexity index is 1010. The first-order chi connectivity index (χ1) is 14.8. The first kappa shape index (κ1) is 25.1. The Balaban J connectivity index is 2.06. The highest BCUT2D eigenvalue weighted by atomic mass is 32.2. The van der Waals surface area contributed by atoms with Crippen LogP contribution < -0.4 is 10.6 Å². The Kier molecular flexibility index (Phi) is 7.86. The van der Waals surface area contributed by atoms with E-state index in [2.05, 4.69) is 10.6 Å². The largest absolute Gasteiger partial charge is 0.423 e. The molecule has 32 heavy (non-hydrogen) atoms. The lowest BCUT2D eigenvalue weighted by molar-refractivity contribution is -0.388. The van der Waals surface area contributed by atoms with E-state index in [1.54, 1.807) is 31.2 Å². The second kappa shape index (κ2) is 10.0. The van der Waals surface area contributed by atoms with Gasteiger partial charge in [-0.25, -0.2) is 0 Å². The van der Waals surface area contributed by atoms with Crippen LogP contribution in [-0.4, -0.2) is 33.2 Å². The Morgan fingerprint density at radius 1 is 1.09 bits per heavy atom. The molecule has 2 aromatic carbocycles. The molecule has 0 aromatic heterocycles. The lowest BCUT2D eigenvalue weighted by Gasteiger charge is -2.22. The number of anilines is 2. The molecule has 8 nitrogen and oxygen atoms in total. The van der Waals surface area contributed by atoms with Crippen LogP contribution in [0.3, 0.4) is 0 Å². The van der Waals surface area contributed by atoms with Gasteiger partial charge in [0.1, 0.15) is 11.2 Å². The van der Waals surface area contributed by atoms with Crippen LogP contribution in [0.1, 0.15) is 25.8 Å². The van der Waals surface area contributed by atoms with Crippen molar-refractivity contribution in [3.05, 3.63) is 58.1 Å². The highest BCUT2D eigenvalue weighted by Crippen LogP contribution is 2.37. The molecule has 1 atom stereocenters. The number of aliphatic hydroxyl groups is 1. The van der Waals surface area contributed by atoms with Gasteiger partial charge in [0.2, 0.25) is 5.91 Å². The predicted molar refractivity (Wildman–Crippen MR) is 113 cm³/mol. The monoisotopic (exact) mass is 471 g/mol. The van der Waals surface area contributed by atoms with E-state index in [4.69, 9.17) is 0 Å². The second-order valence-electron chi connectivity index (χ2n) is 6.93. The number of benzene rings is 2. The fraction of sp³-hybridized carbons (Fsp3) is 0.300. The van der Waals surface area contributed by atoms with Crippen molar-refractivity contribution in [1.29, 1.82) is 0 Å². The standard InChI is InChI=1S/C20H20F3N3O5S/c1-3-17(27)24-12-4-7-14(8-5-12)32-11-19(2,29)18(28)25-13-6-9-16(26(30)31)15(10-13)20(21,22)23/h4-10,29H,3,11H2,1-2H3,(H,24,27)(H,25,28)/t19-/m0/s1. The number of thioether (sulfide) groups is 1. The maximum absolute atomic E-state index is 13.1. The number of hydrogen-bond acceptors (Lipinski definition) is 6. The van der Waals surface area contributed by atoms with Crippen molar-refractivity contribution in [2.24, 2.45) is 0 Å². The van der Waals surface area contributed by atoms with Gasteiger partial charge in [-0.2, -0.15) is 13.2 Å². The predicted octanol–water partition coefficient (Wildman–Crippen LogP) is 4.44. The van der Waals surface area contributed by atoms with Gasteiger partial charge in [0, 0.05) is 34.5 Å². The van der Waals surface area contributed by atoms with E-state index in [1.165, 1.54) is 6.92 Å². The smallest absolute Gasteiger partial charge is 0.379 e. The van der Waals surface area contributed by atoms with Crippen molar-refractivity contribution >= 4 is 40.6 Å². The van der Waals surface area contributed by atoms with Crippen molar-refractivity contribution in [2.45, 2.75) is 36.9 Å². The van der Waals surface area contributed by atoms with Crippen molar-refractivity contribution in [2.75, 3.05) is 16.4 Å². The minimum atomic E-state index is -5.00. The fourth-order valence-corrected chi connectivity index (χ4v) is 3.35. The molecule has 0 heterocycles. The minimum absolute atomic E-state index is 0.126. The summed E-state index contributed by atoms with van der Waals surface area (Å²) in [7, 11) is 0. The molecule has 0 aliphatic heterocycles. The lowest BCUT2D eigenvalue weighted by atomic mass is 10.1. The van der Waals surface area contributed by atoms with Gasteiger partial charge in [-0.05, 0) is 43.3 Å².